The minimum absolute atomic E-state index is 0.242. The Hall–Kier alpha value is -1.35. The summed E-state index contributed by atoms with van der Waals surface area (Å²) in [6.07, 6.45) is 6.51. The summed E-state index contributed by atoms with van der Waals surface area (Å²) < 4.78 is 0. The summed E-state index contributed by atoms with van der Waals surface area (Å²) in [7, 11) is 0. The van der Waals surface area contributed by atoms with Crippen molar-refractivity contribution in [2.75, 3.05) is 6.54 Å². The highest BCUT2D eigenvalue weighted by atomic mass is 16.2. The molecule has 2 N–H and O–H groups in total. The molecule has 1 amide bonds. The minimum Gasteiger partial charge on any atom is -0.351 e. The van der Waals surface area contributed by atoms with Crippen molar-refractivity contribution >= 4 is 5.91 Å². The highest BCUT2D eigenvalue weighted by molar-refractivity contribution is 5.88. The first-order valence-electron chi connectivity index (χ1n) is 8.32. The fourth-order valence-corrected chi connectivity index (χ4v) is 3.93. The molecule has 1 heterocycles. The lowest BCUT2D eigenvalue weighted by Gasteiger charge is -2.35. The SMILES string of the molecule is CC1NCCCC1NC(=O)C1(c2ccccc2)CCCC1. The molecule has 1 saturated heterocycles. The van der Waals surface area contributed by atoms with E-state index < -0.39 is 0 Å². The van der Waals surface area contributed by atoms with Crippen LogP contribution in [0.4, 0.5) is 0 Å². The number of hydrogen-bond donors (Lipinski definition) is 2. The van der Waals surface area contributed by atoms with E-state index in [0.717, 1.165) is 45.1 Å². The van der Waals surface area contributed by atoms with Gasteiger partial charge in [0.25, 0.3) is 0 Å². The van der Waals surface area contributed by atoms with Gasteiger partial charge in [-0.2, -0.15) is 0 Å². The smallest absolute Gasteiger partial charge is 0.230 e. The van der Waals surface area contributed by atoms with E-state index in [4.69, 9.17) is 0 Å². The molecule has 1 aliphatic carbocycles. The van der Waals surface area contributed by atoms with E-state index in [9.17, 15) is 4.79 Å². The first-order valence-corrected chi connectivity index (χ1v) is 8.32. The van der Waals surface area contributed by atoms with Gasteiger partial charge >= 0.3 is 0 Å². The van der Waals surface area contributed by atoms with E-state index in [1.165, 1.54) is 5.56 Å². The number of piperidine rings is 1. The zero-order valence-corrected chi connectivity index (χ0v) is 12.9. The summed E-state index contributed by atoms with van der Waals surface area (Å²) in [6.45, 7) is 3.24. The molecule has 3 nitrogen and oxygen atoms in total. The van der Waals surface area contributed by atoms with Crippen LogP contribution in [-0.2, 0) is 10.2 Å². The van der Waals surface area contributed by atoms with Gasteiger partial charge in [-0.05, 0) is 44.7 Å². The van der Waals surface area contributed by atoms with Gasteiger partial charge in [-0.3, -0.25) is 4.79 Å². The van der Waals surface area contributed by atoms with Gasteiger partial charge in [0.1, 0.15) is 0 Å². The number of carbonyl (C=O) groups excluding carboxylic acids is 1. The molecule has 1 aromatic carbocycles. The zero-order chi connectivity index (χ0) is 14.7. The van der Waals surface area contributed by atoms with E-state index >= 15 is 0 Å². The van der Waals surface area contributed by atoms with Crippen LogP contribution in [0.25, 0.3) is 0 Å². The van der Waals surface area contributed by atoms with Crippen molar-refractivity contribution < 1.29 is 4.79 Å². The molecule has 2 fully saturated rings. The first kappa shape index (κ1) is 14.6. The molecule has 0 spiro atoms. The Bertz CT molecular complexity index is 479. The lowest BCUT2D eigenvalue weighted by Crippen LogP contribution is -2.55. The van der Waals surface area contributed by atoms with Gasteiger partial charge in [-0.1, -0.05) is 43.2 Å². The van der Waals surface area contributed by atoms with Crippen LogP contribution < -0.4 is 10.6 Å². The van der Waals surface area contributed by atoms with E-state index in [1.54, 1.807) is 0 Å². The quantitative estimate of drug-likeness (QED) is 0.897. The van der Waals surface area contributed by atoms with Gasteiger partial charge in [-0.25, -0.2) is 0 Å². The largest absolute Gasteiger partial charge is 0.351 e. The minimum atomic E-state index is -0.293. The predicted molar refractivity (Wildman–Crippen MR) is 85.2 cm³/mol. The van der Waals surface area contributed by atoms with Crippen LogP contribution in [0.15, 0.2) is 30.3 Å². The fraction of sp³-hybridized carbons (Fsp3) is 0.611. The topological polar surface area (TPSA) is 41.1 Å². The third-order valence-corrected chi connectivity index (χ3v) is 5.30. The lowest BCUT2D eigenvalue weighted by atomic mass is 9.77. The van der Waals surface area contributed by atoms with Crippen molar-refractivity contribution in [3.8, 4) is 0 Å². The van der Waals surface area contributed by atoms with Gasteiger partial charge in [0, 0.05) is 12.1 Å². The first-order chi connectivity index (χ1) is 10.2. The molecule has 2 atom stereocenters. The zero-order valence-electron chi connectivity index (χ0n) is 12.9. The van der Waals surface area contributed by atoms with E-state index in [0.29, 0.717) is 6.04 Å². The molecule has 2 aliphatic rings. The summed E-state index contributed by atoms with van der Waals surface area (Å²) in [5.41, 5.74) is 0.898. The number of rotatable bonds is 3. The summed E-state index contributed by atoms with van der Waals surface area (Å²) in [4.78, 5) is 13.0. The van der Waals surface area contributed by atoms with Crippen LogP contribution in [0.2, 0.25) is 0 Å². The van der Waals surface area contributed by atoms with Crippen LogP contribution in [0.5, 0.6) is 0 Å². The maximum absolute atomic E-state index is 13.0. The molecule has 21 heavy (non-hydrogen) atoms. The summed E-state index contributed by atoms with van der Waals surface area (Å²) in [6, 6.07) is 11.0. The number of benzene rings is 1. The Kier molecular flexibility index (Phi) is 4.29. The Morgan fingerprint density at radius 3 is 2.57 bits per heavy atom. The summed E-state index contributed by atoms with van der Waals surface area (Å²) in [5.74, 6) is 0.242. The van der Waals surface area contributed by atoms with E-state index in [1.807, 2.05) is 18.2 Å². The number of amides is 1. The van der Waals surface area contributed by atoms with Crippen molar-refractivity contribution in [1.82, 2.24) is 10.6 Å². The maximum Gasteiger partial charge on any atom is 0.230 e. The van der Waals surface area contributed by atoms with Crippen molar-refractivity contribution in [1.29, 1.82) is 0 Å². The molecule has 1 aromatic rings. The Labute approximate surface area is 127 Å². The lowest BCUT2D eigenvalue weighted by molar-refractivity contribution is -0.127. The van der Waals surface area contributed by atoms with Gasteiger partial charge in [-0.15, -0.1) is 0 Å². The molecular weight excluding hydrogens is 260 g/mol. The summed E-state index contributed by atoms with van der Waals surface area (Å²) >= 11 is 0. The standard InChI is InChI=1S/C18H26N2O/c1-14-16(10-7-13-19-14)20-17(21)18(11-5-6-12-18)15-8-3-2-4-9-15/h2-4,8-9,14,16,19H,5-7,10-13H2,1H3,(H,20,21). The fourth-order valence-electron chi connectivity index (χ4n) is 3.93. The van der Waals surface area contributed by atoms with Crippen molar-refractivity contribution in [3.63, 3.8) is 0 Å². The molecule has 1 saturated carbocycles. The third kappa shape index (κ3) is 2.84. The second kappa shape index (κ2) is 6.18. The predicted octanol–water partition coefficient (Wildman–Crippen LogP) is 2.76. The second-order valence-electron chi connectivity index (χ2n) is 6.62. The molecule has 114 valence electrons. The monoisotopic (exact) mass is 286 g/mol. The molecule has 3 heteroatoms. The molecule has 0 radical (unpaired) electrons. The van der Waals surface area contributed by atoms with E-state index in [2.05, 4.69) is 29.7 Å². The molecule has 2 unspecified atom stereocenters. The van der Waals surface area contributed by atoms with Gasteiger partial charge in [0.05, 0.1) is 5.41 Å². The van der Waals surface area contributed by atoms with Gasteiger partial charge in [0.2, 0.25) is 5.91 Å². The van der Waals surface area contributed by atoms with E-state index in [-0.39, 0.29) is 17.4 Å². The third-order valence-electron chi connectivity index (χ3n) is 5.30. The summed E-state index contributed by atoms with van der Waals surface area (Å²) in [5, 5.41) is 6.81. The number of hydrogen-bond acceptors (Lipinski definition) is 2. The van der Waals surface area contributed by atoms with Crippen molar-refractivity contribution in [2.24, 2.45) is 0 Å². The highest BCUT2D eigenvalue weighted by Gasteiger charge is 2.43. The average molecular weight is 286 g/mol. The van der Waals surface area contributed by atoms with Gasteiger partial charge in [0.15, 0.2) is 0 Å². The van der Waals surface area contributed by atoms with Crippen LogP contribution in [0.3, 0.4) is 0 Å². The molecule has 0 aromatic heterocycles. The van der Waals surface area contributed by atoms with Crippen molar-refractivity contribution in [2.45, 2.75) is 62.9 Å². The van der Waals surface area contributed by atoms with Crippen LogP contribution in [-0.4, -0.2) is 24.5 Å². The normalized spacial score (nSPS) is 28.2. The average Bonchev–Trinajstić information content (AvgIpc) is 3.01. The molecule has 1 aliphatic heterocycles. The van der Waals surface area contributed by atoms with Gasteiger partial charge < -0.3 is 10.6 Å². The van der Waals surface area contributed by atoms with Crippen LogP contribution in [0, 0.1) is 0 Å². The molecule has 0 bridgehead atoms. The Morgan fingerprint density at radius 2 is 1.90 bits per heavy atom. The van der Waals surface area contributed by atoms with Crippen LogP contribution >= 0.6 is 0 Å². The number of nitrogens with one attached hydrogen (secondary N) is 2. The highest BCUT2D eigenvalue weighted by Crippen LogP contribution is 2.41. The van der Waals surface area contributed by atoms with Crippen LogP contribution in [0.1, 0.15) is 51.0 Å². The molecular formula is C18H26N2O. The second-order valence-corrected chi connectivity index (χ2v) is 6.62. The number of carbonyl (C=O) groups is 1. The Morgan fingerprint density at radius 1 is 1.19 bits per heavy atom. The molecule has 3 rings (SSSR count). The Balaban J connectivity index is 1.79. The maximum atomic E-state index is 13.0. The van der Waals surface area contributed by atoms with Crippen molar-refractivity contribution in [3.05, 3.63) is 35.9 Å².